The zero-order valence-electron chi connectivity index (χ0n) is 18.7. The number of benzene rings is 2. The lowest BCUT2D eigenvalue weighted by Gasteiger charge is -2.37. The average molecular weight is 504 g/mol. The maximum Gasteiger partial charge on any atom is 0.417 e. The number of carbonyl (C=O) groups is 3. The first-order valence-corrected chi connectivity index (χ1v) is 11.9. The second kappa shape index (κ2) is 7.30. The average Bonchev–Trinajstić information content (AvgIpc) is 3.51. The largest absolute Gasteiger partial charge is 0.417 e. The van der Waals surface area contributed by atoms with E-state index < -0.39 is 46.0 Å². The van der Waals surface area contributed by atoms with Crippen LogP contribution < -0.4 is 9.80 Å². The molecule has 3 saturated heterocycles. The Kier molecular flexibility index (Phi) is 4.70. The van der Waals surface area contributed by atoms with E-state index in [1.165, 1.54) is 6.07 Å². The molecule has 2 aromatic rings. The van der Waals surface area contributed by atoms with Crippen molar-refractivity contribution in [2.75, 3.05) is 22.9 Å². The molecule has 35 heavy (non-hydrogen) atoms. The van der Waals surface area contributed by atoms with Crippen LogP contribution in [0, 0.1) is 11.8 Å². The van der Waals surface area contributed by atoms with Gasteiger partial charge in [-0.2, -0.15) is 13.2 Å². The summed E-state index contributed by atoms with van der Waals surface area (Å²) in [6, 6.07) is 9.96. The van der Waals surface area contributed by atoms with Crippen LogP contribution >= 0.6 is 11.6 Å². The maximum absolute atomic E-state index is 14.1. The van der Waals surface area contributed by atoms with Crippen molar-refractivity contribution in [3.05, 3.63) is 58.6 Å². The van der Waals surface area contributed by atoms with Gasteiger partial charge in [0, 0.05) is 23.8 Å². The summed E-state index contributed by atoms with van der Waals surface area (Å²) in [4.78, 5) is 46.3. The van der Waals surface area contributed by atoms with Crippen LogP contribution in [0.4, 0.5) is 24.5 Å². The Hall–Kier alpha value is -2.91. The van der Waals surface area contributed by atoms with Gasteiger partial charge in [-0.3, -0.25) is 19.3 Å². The van der Waals surface area contributed by atoms with Crippen molar-refractivity contribution in [2.24, 2.45) is 11.8 Å². The number of hydrogen-bond donors (Lipinski definition) is 0. The van der Waals surface area contributed by atoms with Gasteiger partial charge in [-0.05, 0) is 50.6 Å². The maximum atomic E-state index is 14.1. The predicted octanol–water partition coefficient (Wildman–Crippen LogP) is 4.20. The molecule has 10 heteroatoms. The minimum Gasteiger partial charge on any atom is -0.310 e. The molecule has 3 amide bonds. The molecule has 0 N–H and O–H groups in total. The van der Waals surface area contributed by atoms with Crippen molar-refractivity contribution in [1.29, 1.82) is 0 Å². The van der Waals surface area contributed by atoms with Gasteiger partial charge >= 0.3 is 6.18 Å². The van der Waals surface area contributed by atoms with E-state index in [1.807, 2.05) is 30.0 Å². The summed E-state index contributed by atoms with van der Waals surface area (Å²) in [6.45, 7) is 2.81. The third-order valence-corrected chi connectivity index (χ3v) is 8.30. The highest BCUT2D eigenvalue weighted by molar-refractivity contribution is 6.32. The second-order valence-electron chi connectivity index (χ2n) is 9.41. The number of likely N-dealkylation sites (N-methyl/N-ethyl adjacent to an activating group) is 1. The van der Waals surface area contributed by atoms with E-state index in [0.29, 0.717) is 30.8 Å². The Bertz CT molecular complexity index is 1300. The van der Waals surface area contributed by atoms with E-state index in [1.54, 1.807) is 11.0 Å². The number of carbonyl (C=O) groups excluding carboxylic acids is 3. The first-order valence-electron chi connectivity index (χ1n) is 11.6. The quantitative estimate of drug-likeness (QED) is 0.576. The smallest absolute Gasteiger partial charge is 0.310 e. The fourth-order valence-electron chi connectivity index (χ4n) is 6.78. The predicted molar refractivity (Wildman–Crippen MR) is 122 cm³/mol. The number of anilines is 2. The summed E-state index contributed by atoms with van der Waals surface area (Å²) in [5.41, 5.74) is -1.26. The van der Waals surface area contributed by atoms with Gasteiger partial charge < -0.3 is 4.90 Å². The van der Waals surface area contributed by atoms with Crippen LogP contribution in [0.3, 0.4) is 0 Å². The molecule has 182 valence electrons. The van der Waals surface area contributed by atoms with Gasteiger partial charge in [-0.15, -0.1) is 0 Å². The van der Waals surface area contributed by atoms with E-state index in [2.05, 4.69) is 0 Å². The number of nitrogens with zero attached hydrogens (tertiary/aromatic N) is 3. The van der Waals surface area contributed by atoms with Crippen molar-refractivity contribution in [1.82, 2.24) is 4.90 Å². The van der Waals surface area contributed by atoms with E-state index in [9.17, 15) is 27.6 Å². The van der Waals surface area contributed by atoms with Crippen LogP contribution in [0.5, 0.6) is 0 Å². The van der Waals surface area contributed by atoms with E-state index >= 15 is 0 Å². The lowest BCUT2D eigenvalue weighted by molar-refractivity contribution is -0.137. The summed E-state index contributed by atoms with van der Waals surface area (Å²) in [5.74, 6) is -3.30. The Morgan fingerprint density at radius 1 is 1.09 bits per heavy atom. The molecule has 4 heterocycles. The lowest BCUT2D eigenvalue weighted by atomic mass is 9.75. The molecule has 6 rings (SSSR count). The zero-order valence-corrected chi connectivity index (χ0v) is 19.4. The van der Waals surface area contributed by atoms with E-state index in [0.717, 1.165) is 23.5 Å². The summed E-state index contributed by atoms with van der Waals surface area (Å²) < 4.78 is 40.6. The number of imide groups is 1. The van der Waals surface area contributed by atoms with E-state index in [-0.39, 0.29) is 17.6 Å². The highest BCUT2D eigenvalue weighted by Gasteiger charge is 2.75. The normalized spacial score (nSPS) is 30.0. The monoisotopic (exact) mass is 503 g/mol. The first kappa shape index (κ1) is 22.5. The van der Waals surface area contributed by atoms with Gasteiger partial charge in [0.05, 0.1) is 28.1 Å². The molecule has 6 nitrogen and oxygen atoms in total. The molecule has 0 unspecified atom stereocenters. The number of rotatable bonds is 2. The third-order valence-electron chi connectivity index (χ3n) is 7.97. The highest BCUT2D eigenvalue weighted by atomic mass is 35.5. The number of amides is 3. The summed E-state index contributed by atoms with van der Waals surface area (Å²) in [5, 5.41) is -0.516. The van der Waals surface area contributed by atoms with Crippen molar-refractivity contribution in [3.63, 3.8) is 0 Å². The number of hydrogen-bond acceptors (Lipinski definition) is 4. The number of fused-ring (bicyclic) bond motifs is 7. The van der Waals surface area contributed by atoms with E-state index in [4.69, 9.17) is 11.6 Å². The molecule has 0 aromatic heterocycles. The van der Waals surface area contributed by atoms with Crippen LogP contribution in [0.1, 0.15) is 30.9 Å². The molecule has 2 aromatic carbocycles. The van der Waals surface area contributed by atoms with Crippen molar-refractivity contribution in [2.45, 2.75) is 37.5 Å². The Morgan fingerprint density at radius 2 is 1.83 bits per heavy atom. The molecule has 3 fully saturated rings. The molecule has 4 aliphatic rings. The van der Waals surface area contributed by atoms with Crippen molar-refractivity contribution >= 4 is 40.7 Å². The minimum absolute atomic E-state index is 0.183. The molecule has 0 saturated carbocycles. The molecule has 4 aliphatic heterocycles. The first-order chi connectivity index (χ1) is 16.6. The third kappa shape index (κ3) is 2.68. The minimum atomic E-state index is -4.75. The van der Waals surface area contributed by atoms with Crippen LogP contribution in [-0.4, -0.2) is 41.8 Å². The van der Waals surface area contributed by atoms with Crippen molar-refractivity contribution < 1.29 is 27.6 Å². The summed E-state index contributed by atoms with van der Waals surface area (Å²) in [7, 11) is 0. The van der Waals surface area contributed by atoms with Crippen molar-refractivity contribution in [3.8, 4) is 0 Å². The highest BCUT2D eigenvalue weighted by Crippen LogP contribution is 2.61. The van der Waals surface area contributed by atoms with Crippen LogP contribution in [0.15, 0.2) is 42.5 Å². The molecule has 1 spiro atoms. The topological polar surface area (TPSA) is 60.9 Å². The number of para-hydroxylation sites is 1. The standard InChI is InChI=1S/C25H21ClF3N3O3/c1-2-30-17-7-4-3-6-14(17)24(23(30)35)20-19(18-8-5-11-31(18)24)21(33)32(22(20)34)13-9-10-16(26)15(12-13)25(27,28)29/h3-4,6-7,9-10,12,18-20H,2,5,8,11H2,1H3/t18-,19-,20-,24-/m1/s1. The Balaban J connectivity index is 1.53. The van der Waals surface area contributed by atoms with Crippen LogP contribution in [0.2, 0.25) is 5.02 Å². The molecule has 0 aliphatic carbocycles. The van der Waals surface area contributed by atoms with Gasteiger partial charge in [-0.1, -0.05) is 29.8 Å². The Morgan fingerprint density at radius 3 is 2.54 bits per heavy atom. The van der Waals surface area contributed by atoms with Gasteiger partial charge in [0.2, 0.25) is 11.8 Å². The van der Waals surface area contributed by atoms with Gasteiger partial charge in [0.1, 0.15) is 5.54 Å². The summed E-state index contributed by atoms with van der Waals surface area (Å²) in [6.07, 6.45) is -3.36. The molecular formula is C25H21ClF3N3O3. The zero-order chi connectivity index (χ0) is 24.9. The Labute approximate surface area is 204 Å². The molecule has 0 radical (unpaired) electrons. The molecule has 4 atom stereocenters. The number of halogens is 4. The van der Waals surface area contributed by atoms with Gasteiger partial charge in [-0.25, -0.2) is 4.90 Å². The van der Waals surface area contributed by atoms with Gasteiger partial charge in [0.25, 0.3) is 5.91 Å². The van der Waals surface area contributed by atoms with Crippen LogP contribution in [-0.2, 0) is 26.1 Å². The SMILES string of the molecule is CCN1C(=O)[C@@]2(c3ccccc31)[C@H]1C(=O)N(c3ccc(Cl)c(C(F)(F)F)c3)C(=O)[C@@H]1[C@H]1CCCN12. The number of alkyl halides is 3. The van der Waals surface area contributed by atoms with Gasteiger partial charge in [0.15, 0.2) is 0 Å². The lowest BCUT2D eigenvalue weighted by Crippen LogP contribution is -2.56. The summed E-state index contributed by atoms with van der Waals surface area (Å²) >= 11 is 5.77. The molecular weight excluding hydrogens is 483 g/mol. The fraction of sp³-hybridized carbons (Fsp3) is 0.400. The van der Waals surface area contributed by atoms with Crippen LogP contribution in [0.25, 0.3) is 0 Å². The second-order valence-corrected chi connectivity index (χ2v) is 9.82. The molecule has 0 bridgehead atoms. The fourth-order valence-corrected chi connectivity index (χ4v) is 7.00.